The fraction of sp³-hybridized carbons (Fsp3) is 0.250. The predicted molar refractivity (Wildman–Crippen MR) is 130 cm³/mol. The minimum Gasteiger partial charge on any atom is -0.487 e. The quantitative estimate of drug-likeness (QED) is 0.265. The maximum Gasteiger partial charge on any atom is 0.264 e. The Morgan fingerprint density at radius 2 is 1.84 bits per heavy atom. The van der Waals surface area contributed by atoms with E-state index >= 15 is 0 Å². The first kappa shape index (κ1) is 23.5. The molecule has 0 N–H and O–H groups in total. The highest BCUT2D eigenvalue weighted by Gasteiger charge is 2.14. The Morgan fingerprint density at radius 3 is 2.55 bits per heavy atom. The molecule has 0 fully saturated rings. The van der Waals surface area contributed by atoms with Gasteiger partial charge in [-0.1, -0.05) is 54.1 Å². The molecule has 31 heavy (non-hydrogen) atoms. The lowest BCUT2D eigenvalue weighted by atomic mass is 10.1. The van der Waals surface area contributed by atoms with E-state index in [1.165, 1.54) is 0 Å². The summed E-state index contributed by atoms with van der Waals surface area (Å²) in [6, 6.07) is 16.8. The molecular formula is C24H23ClINO4. The van der Waals surface area contributed by atoms with Crippen molar-refractivity contribution in [2.45, 2.75) is 26.0 Å². The Bertz CT molecular complexity index is 1100. The molecule has 162 valence electrons. The van der Waals surface area contributed by atoms with Crippen LogP contribution in [0.3, 0.4) is 0 Å². The third kappa shape index (κ3) is 6.18. The van der Waals surface area contributed by atoms with Gasteiger partial charge in [-0.2, -0.15) is 0 Å². The fourth-order valence-corrected chi connectivity index (χ4v) is 4.29. The van der Waals surface area contributed by atoms with Gasteiger partial charge in [0.25, 0.3) is 5.56 Å². The number of benzene rings is 2. The molecule has 3 rings (SSSR count). The average Bonchev–Trinajstić information content (AvgIpc) is 2.79. The summed E-state index contributed by atoms with van der Waals surface area (Å²) in [4.78, 5) is 23.7. The number of hydrogen-bond donors (Lipinski definition) is 0. The standard InChI is InChI=1S/C24H23ClINO4/c1-30-13-11-19-4-2-3-5-23(19)31-16-22-20(25)14-21(26)24(29)27(22)12-10-17-6-8-18(15-28)9-7-17/h2-9,14-15H,10-13,16H2,1H3. The van der Waals surface area contributed by atoms with Crippen molar-refractivity contribution in [3.8, 4) is 5.75 Å². The van der Waals surface area contributed by atoms with Gasteiger partial charge in [-0.15, -0.1) is 0 Å². The van der Waals surface area contributed by atoms with Crippen LogP contribution in [0.1, 0.15) is 27.2 Å². The Labute approximate surface area is 200 Å². The molecule has 0 amide bonds. The molecule has 0 bridgehead atoms. The third-order valence-corrected chi connectivity index (χ3v) is 6.06. The zero-order valence-electron chi connectivity index (χ0n) is 17.1. The highest BCUT2D eigenvalue weighted by Crippen LogP contribution is 2.23. The van der Waals surface area contributed by atoms with Gasteiger partial charge in [-0.25, -0.2) is 0 Å². The molecule has 0 radical (unpaired) electrons. The van der Waals surface area contributed by atoms with Crippen molar-refractivity contribution >= 4 is 40.5 Å². The third-order valence-electron chi connectivity index (χ3n) is 4.96. The normalized spacial score (nSPS) is 10.8. The number of nitrogens with zero attached hydrogens (tertiary/aromatic N) is 1. The van der Waals surface area contributed by atoms with Gasteiger partial charge in [0.05, 0.1) is 20.9 Å². The molecule has 0 spiro atoms. The van der Waals surface area contributed by atoms with Gasteiger partial charge in [0.1, 0.15) is 18.6 Å². The van der Waals surface area contributed by atoms with Crippen LogP contribution in [0.15, 0.2) is 59.4 Å². The minimum absolute atomic E-state index is 0.0965. The summed E-state index contributed by atoms with van der Waals surface area (Å²) >= 11 is 8.52. The largest absolute Gasteiger partial charge is 0.487 e. The highest BCUT2D eigenvalue weighted by atomic mass is 127. The maximum atomic E-state index is 12.9. The number of para-hydroxylation sites is 1. The van der Waals surface area contributed by atoms with Crippen molar-refractivity contribution in [1.29, 1.82) is 0 Å². The van der Waals surface area contributed by atoms with Gasteiger partial charge in [0.15, 0.2) is 0 Å². The van der Waals surface area contributed by atoms with Crippen molar-refractivity contribution in [1.82, 2.24) is 4.57 Å². The zero-order valence-corrected chi connectivity index (χ0v) is 20.1. The van der Waals surface area contributed by atoms with E-state index in [0.29, 0.717) is 39.4 Å². The smallest absolute Gasteiger partial charge is 0.264 e. The van der Waals surface area contributed by atoms with E-state index in [9.17, 15) is 9.59 Å². The number of hydrogen-bond acceptors (Lipinski definition) is 4. The number of carbonyl (C=O) groups excluding carboxylic acids is 1. The second kappa shape index (κ2) is 11.5. The van der Waals surface area contributed by atoms with Crippen molar-refractivity contribution in [2.75, 3.05) is 13.7 Å². The number of methoxy groups -OCH3 is 1. The molecule has 7 heteroatoms. The summed E-state index contributed by atoms with van der Waals surface area (Å²) < 4.78 is 13.5. The summed E-state index contributed by atoms with van der Waals surface area (Å²) in [5.41, 5.74) is 3.23. The van der Waals surface area contributed by atoms with Gasteiger partial charge >= 0.3 is 0 Å². The molecule has 1 aromatic heterocycles. The first-order valence-electron chi connectivity index (χ1n) is 9.85. The Morgan fingerprint density at radius 1 is 1.10 bits per heavy atom. The lowest BCUT2D eigenvalue weighted by Crippen LogP contribution is -2.28. The van der Waals surface area contributed by atoms with Crippen LogP contribution in [0.25, 0.3) is 0 Å². The number of ether oxygens (including phenoxy) is 2. The molecule has 0 aliphatic carbocycles. The molecule has 0 atom stereocenters. The number of aromatic nitrogens is 1. The lowest BCUT2D eigenvalue weighted by molar-refractivity contribution is 0.112. The molecule has 2 aromatic carbocycles. The van der Waals surface area contributed by atoms with E-state index in [1.54, 1.807) is 29.9 Å². The minimum atomic E-state index is -0.0965. The second-order valence-corrected chi connectivity index (χ2v) is 8.56. The topological polar surface area (TPSA) is 57.5 Å². The van der Waals surface area contributed by atoms with Crippen LogP contribution in [0.5, 0.6) is 5.75 Å². The van der Waals surface area contributed by atoms with E-state index in [0.717, 1.165) is 29.6 Å². The van der Waals surface area contributed by atoms with E-state index in [1.807, 2.05) is 59.0 Å². The fourth-order valence-electron chi connectivity index (χ4n) is 3.23. The van der Waals surface area contributed by atoms with Crippen molar-refractivity contribution in [3.63, 3.8) is 0 Å². The van der Waals surface area contributed by atoms with Crippen LogP contribution in [0, 0.1) is 3.57 Å². The van der Waals surface area contributed by atoms with Crippen LogP contribution in [0.4, 0.5) is 0 Å². The highest BCUT2D eigenvalue weighted by molar-refractivity contribution is 14.1. The number of aldehydes is 1. The van der Waals surface area contributed by atoms with E-state index in [4.69, 9.17) is 21.1 Å². The number of carbonyl (C=O) groups is 1. The van der Waals surface area contributed by atoms with E-state index in [2.05, 4.69) is 0 Å². The first-order chi connectivity index (χ1) is 15.0. The summed E-state index contributed by atoms with van der Waals surface area (Å²) in [5, 5.41) is 0.495. The van der Waals surface area contributed by atoms with Crippen LogP contribution in [-0.4, -0.2) is 24.6 Å². The van der Waals surface area contributed by atoms with E-state index in [-0.39, 0.29) is 12.2 Å². The molecule has 0 unspecified atom stereocenters. The summed E-state index contributed by atoms with van der Waals surface area (Å²) in [5.74, 6) is 0.748. The number of halogens is 2. The van der Waals surface area contributed by atoms with Gasteiger partial charge in [-0.3, -0.25) is 9.59 Å². The first-order valence-corrected chi connectivity index (χ1v) is 11.3. The number of rotatable bonds is 10. The van der Waals surface area contributed by atoms with Gasteiger partial charge < -0.3 is 14.0 Å². The molecule has 0 saturated carbocycles. The molecule has 5 nitrogen and oxygen atoms in total. The molecule has 3 aromatic rings. The second-order valence-electron chi connectivity index (χ2n) is 6.99. The summed E-state index contributed by atoms with van der Waals surface area (Å²) in [7, 11) is 1.67. The molecule has 0 aliphatic rings. The summed E-state index contributed by atoms with van der Waals surface area (Å²) in [6.07, 6.45) is 2.18. The van der Waals surface area contributed by atoms with Gasteiger partial charge in [0.2, 0.25) is 0 Å². The van der Waals surface area contributed by atoms with Crippen molar-refractivity contribution < 1.29 is 14.3 Å². The van der Waals surface area contributed by atoms with Crippen LogP contribution < -0.4 is 10.3 Å². The maximum absolute atomic E-state index is 12.9. The Balaban J connectivity index is 1.82. The number of pyridine rings is 1. The number of aryl methyl sites for hydroxylation is 1. The van der Waals surface area contributed by atoms with Crippen LogP contribution >= 0.6 is 34.2 Å². The summed E-state index contributed by atoms with van der Waals surface area (Å²) in [6.45, 7) is 1.23. The Hall–Kier alpha value is -2.16. The monoisotopic (exact) mass is 551 g/mol. The Kier molecular flexibility index (Phi) is 8.69. The van der Waals surface area contributed by atoms with Gasteiger partial charge in [0, 0.05) is 19.2 Å². The average molecular weight is 552 g/mol. The lowest BCUT2D eigenvalue weighted by Gasteiger charge is -2.17. The van der Waals surface area contributed by atoms with Crippen molar-refractivity contribution in [2.24, 2.45) is 0 Å². The molecular weight excluding hydrogens is 529 g/mol. The van der Waals surface area contributed by atoms with Crippen LogP contribution in [0.2, 0.25) is 5.02 Å². The molecule has 0 aliphatic heterocycles. The molecule has 1 heterocycles. The van der Waals surface area contributed by atoms with Crippen LogP contribution in [-0.2, 0) is 30.7 Å². The SMILES string of the molecule is COCCc1ccccc1OCc1c(Cl)cc(I)c(=O)n1CCc1ccc(C=O)cc1. The van der Waals surface area contributed by atoms with Crippen molar-refractivity contribution in [3.05, 3.63) is 95.9 Å². The van der Waals surface area contributed by atoms with E-state index < -0.39 is 0 Å². The van der Waals surface area contributed by atoms with Gasteiger partial charge in [-0.05, 0) is 58.7 Å². The zero-order chi connectivity index (χ0) is 22.2. The molecule has 0 saturated heterocycles. The predicted octanol–water partition coefficient (Wildman–Crippen LogP) is 4.93.